The molecule has 40 heavy (non-hydrogen) atoms. The number of carbonyl (C=O) groups is 2. The molecule has 2 aromatic carbocycles. The minimum atomic E-state index is 0.0326. The first kappa shape index (κ1) is 28.1. The molecule has 8 heteroatoms. The second-order valence-corrected chi connectivity index (χ2v) is 11.0. The van der Waals surface area contributed by atoms with E-state index < -0.39 is 0 Å². The predicted molar refractivity (Wildman–Crippen MR) is 158 cm³/mol. The average Bonchev–Trinajstić information content (AvgIpc) is 2.97. The third-order valence-electron chi connectivity index (χ3n) is 7.88. The van der Waals surface area contributed by atoms with Crippen LogP contribution in [0.25, 0.3) is 10.9 Å². The number of carbonyl (C=O) groups excluding carboxylic acids is 2. The number of pyridine rings is 1. The third-order valence-corrected chi connectivity index (χ3v) is 7.88. The molecule has 2 amide bonds. The molecule has 2 fully saturated rings. The highest BCUT2D eigenvalue weighted by Crippen LogP contribution is 2.27. The van der Waals surface area contributed by atoms with Crippen molar-refractivity contribution in [1.82, 2.24) is 20.5 Å². The molecule has 1 atom stereocenters. The molecule has 2 aliphatic heterocycles. The normalized spacial score (nSPS) is 20.5. The van der Waals surface area contributed by atoms with Gasteiger partial charge in [-0.3, -0.25) is 14.5 Å². The maximum Gasteiger partial charge on any atom is 0.234 e. The number of anilines is 1. The van der Waals surface area contributed by atoms with Crippen molar-refractivity contribution in [3.05, 3.63) is 71.3 Å². The quantitative estimate of drug-likeness (QED) is 0.521. The summed E-state index contributed by atoms with van der Waals surface area (Å²) in [5.41, 5.74) is 4.50. The molecule has 2 saturated heterocycles. The summed E-state index contributed by atoms with van der Waals surface area (Å²) < 4.78 is 5.61. The van der Waals surface area contributed by atoms with Gasteiger partial charge in [0.15, 0.2) is 0 Å². The number of aryl methyl sites for hydroxylation is 1. The molecule has 5 rings (SSSR count). The smallest absolute Gasteiger partial charge is 0.234 e. The lowest BCUT2D eigenvalue weighted by atomic mass is 9.91. The van der Waals surface area contributed by atoms with Crippen molar-refractivity contribution >= 4 is 28.5 Å². The van der Waals surface area contributed by atoms with Gasteiger partial charge in [-0.1, -0.05) is 42.5 Å². The predicted octanol–water partition coefficient (Wildman–Crippen LogP) is 3.77. The van der Waals surface area contributed by atoms with Gasteiger partial charge >= 0.3 is 0 Å². The first-order valence-electron chi connectivity index (χ1n) is 14.6. The maximum atomic E-state index is 13.1. The zero-order valence-electron chi connectivity index (χ0n) is 23.5. The number of nitrogens with zero attached hydrogens (tertiary/aromatic N) is 3. The van der Waals surface area contributed by atoms with Gasteiger partial charge in [0.25, 0.3) is 0 Å². The fourth-order valence-electron chi connectivity index (χ4n) is 5.70. The Kier molecular flexibility index (Phi) is 9.63. The van der Waals surface area contributed by atoms with Gasteiger partial charge < -0.3 is 20.3 Å². The Balaban J connectivity index is 1.34. The first-order chi connectivity index (χ1) is 19.5. The molecular weight excluding hydrogens is 502 g/mol. The van der Waals surface area contributed by atoms with E-state index in [0.29, 0.717) is 52.4 Å². The second kappa shape index (κ2) is 13.7. The fraction of sp³-hybridized carbons (Fsp3) is 0.469. The summed E-state index contributed by atoms with van der Waals surface area (Å²) in [6, 6.07) is 18.9. The SMILES string of the molecule is Cc1ccc2cc(CN3CCCNC(=O)CCC(c4ccccc4)CCNC(=O)C3)c(N3CCOCC3)nc2c1. The lowest BCUT2D eigenvalue weighted by molar-refractivity contribution is -0.123. The van der Waals surface area contributed by atoms with E-state index in [-0.39, 0.29) is 17.7 Å². The van der Waals surface area contributed by atoms with Crippen LogP contribution < -0.4 is 15.5 Å². The average molecular weight is 544 g/mol. The number of benzene rings is 2. The van der Waals surface area contributed by atoms with Crippen molar-refractivity contribution in [3.8, 4) is 0 Å². The van der Waals surface area contributed by atoms with Crippen molar-refractivity contribution < 1.29 is 14.3 Å². The second-order valence-electron chi connectivity index (χ2n) is 11.0. The number of hydrogen-bond donors (Lipinski definition) is 2. The van der Waals surface area contributed by atoms with Crippen LogP contribution in [0.4, 0.5) is 5.82 Å². The molecule has 1 unspecified atom stereocenters. The van der Waals surface area contributed by atoms with Crippen LogP contribution in [0.15, 0.2) is 54.6 Å². The van der Waals surface area contributed by atoms with Gasteiger partial charge in [0.05, 0.1) is 25.3 Å². The van der Waals surface area contributed by atoms with Gasteiger partial charge in [-0.05, 0) is 55.4 Å². The Morgan fingerprint density at radius 1 is 0.925 bits per heavy atom. The van der Waals surface area contributed by atoms with E-state index in [1.165, 1.54) is 11.1 Å². The molecule has 3 heterocycles. The zero-order chi connectivity index (χ0) is 27.7. The molecule has 3 aromatic rings. The molecule has 8 nitrogen and oxygen atoms in total. The van der Waals surface area contributed by atoms with Gasteiger partial charge in [0, 0.05) is 56.6 Å². The van der Waals surface area contributed by atoms with E-state index in [4.69, 9.17) is 9.72 Å². The van der Waals surface area contributed by atoms with Crippen molar-refractivity contribution in [2.24, 2.45) is 0 Å². The summed E-state index contributed by atoms with van der Waals surface area (Å²) in [5.74, 6) is 1.33. The van der Waals surface area contributed by atoms with Crippen LogP contribution in [-0.2, 0) is 20.9 Å². The number of aromatic nitrogens is 1. The largest absolute Gasteiger partial charge is 0.378 e. The maximum absolute atomic E-state index is 13.1. The molecule has 0 saturated carbocycles. The molecule has 0 bridgehead atoms. The molecular formula is C32H41N5O3. The highest BCUT2D eigenvalue weighted by atomic mass is 16.5. The highest BCUT2D eigenvalue weighted by Gasteiger charge is 2.21. The number of fused-ring (bicyclic) bond motifs is 1. The van der Waals surface area contributed by atoms with E-state index in [1.807, 2.05) is 18.2 Å². The van der Waals surface area contributed by atoms with Crippen molar-refractivity contribution in [2.75, 3.05) is 57.4 Å². The monoisotopic (exact) mass is 543 g/mol. The topological polar surface area (TPSA) is 86.8 Å². The highest BCUT2D eigenvalue weighted by molar-refractivity contribution is 5.83. The lowest BCUT2D eigenvalue weighted by Crippen LogP contribution is -2.40. The Labute approximate surface area is 237 Å². The van der Waals surface area contributed by atoms with Crippen LogP contribution in [0.1, 0.15) is 48.3 Å². The van der Waals surface area contributed by atoms with Gasteiger partial charge in [-0.25, -0.2) is 4.98 Å². The minimum absolute atomic E-state index is 0.0326. The molecule has 1 aromatic heterocycles. The summed E-state index contributed by atoms with van der Waals surface area (Å²) in [7, 11) is 0. The van der Waals surface area contributed by atoms with E-state index >= 15 is 0 Å². The number of ether oxygens (including phenoxy) is 1. The minimum Gasteiger partial charge on any atom is -0.378 e. The van der Waals surface area contributed by atoms with Crippen molar-refractivity contribution in [2.45, 2.75) is 45.1 Å². The lowest BCUT2D eigenvalue weighted by Gasteiger charge is -2.31. The Morgan fingerprint density at radius 2 is 1.73 bits per heavy atom. The summed E-state index contributed by atoms with van der Waals surface area (Å²) in [6.45, 7) is 7.85. The van der Waals surface area contributed by atoms with Crippen LogP contribution >= 0.6 is 0 Å². The molecule has 0 spiro atoms. The van der Waals surface area contributed by atoms with E-state index in [1.54, 1.807) is 0 Å². The van der Waals surface area contributed by atoms with Crippen molar-refractivity contribution in [1.29, 1.82) is 0 Å². The van der Waals surface area contributed by atoms with Crippen LogP contribution in [0.3, 0.4) is 0 Å². The summed E-state index contributed by atoms with van der Waals surface area (Å²) in [5, 5.41) is 7.35. The van der Waals surface area contributed by atoms with E-state index in [0.717, 1.165) is 54.6 Å². The number of nitrogens with one attached hydrogen (secondary N) is 2. The van der Waals surface area contributed by atoms with E-state index in [2.05, 4.69) is 63.8 Å². The van der Waals surface area contributed by atoms with Crippen LogP contribution in [-0.4, -0.2) is 74.2 Å². The number of morpholine rings is 1. The first-order valence-corrected chi connectivity index (χ1v) is 14.6. The molecule has 0 aliphatic carbocycles. The molecule has 0 radical (unpaired) electrons. The Bertz CT molecular complexity index is 1290. The molecule has 212 valence electrons. The van der Waals surface area contributed by atoms with Crippen molar-refractivity contribution in [3.63, 3.8) is 0 Å². The fourth-order valence-corrected chi connectivity index (χ4v) is 5.70. The zero-order valence-corrected chi connectivity index (χ0v) is 23.5. The summed E-state index contributed by atoms with van der Waals surface area (Å²) in [6.07, 6.45) is 2.84. The number of rotatable bonds is 4. The molecule has 2 aliphatic rings. The van der Waals surface area contributed by atoms with Crippen LogP contribution in [0.5, 0.6) is 0 Å². The Morgan fingerprint density at radius 3 is 2.55 bits per heavy atom. The summed E-state index contributed by atoms with van der Waals surface area (Å²) >= 11 is 0. The van der Waals surface area contributed by atoms with Gasteiger partial charge in [-0.15, -0.1) is 0 Å². The van der Waals surface area contributed by atoms with E-state index in [9.17, 15) is 9.59 Å². The number of amides is 2. The van der Waals surface area contributed by atoms with Gasteiger partial charge in [0.1, 0.15) is 5.82 Å². The van der Waals surface area contributed by atoms with Crippen LogP contribution in [0, 0.1) is 6.92 Å². The Hall–Kier alpha value is -3.49. The molecule has 2 N–H and O–H groups in total. The van der Waals surface area contributed by atoms with Gasteiger partial charge in [0.2, 0.25) is 11.8 Å². The summed E-state index contributed by atoms with van der Waals surface area (Å²) in [4.78, 5) is 35.3. The van der Waals surface area contributed by atoms with Gasteiger partial charge in [-0.2, -0.15) is 0 Å². The standard InChI is InChI=1S/C32H41N5O3/c1-24-8-9-27-21-28(32(35-29(27)20-24)37-16-18-40-19-17-37)22-36-15-5-13-33-30(38)11-10-26(12-14-34-31(39)23-36)25-6-3-2-4-7-25/h2-4,6-9,20-21,26H,5,10-19,22-23H2,1H3,(H,33,38)(H,34,39). The number of hydrogen-bond acceptors (Lipinski definition) is 6. The van der Waals surface area contributed by atoms with Crippen LogP contribution in [0.2, 0.25) is 0 Å². The third kappa shape index (κ3) is 7.58.